The fourth-order valence-electron chi connectivity index (χ4n) is 3.32. The van der Waals surface area contributed by atoms with E-state index < -0.39 is 0 Å². The molecule has 0 bridgehead atoms. The van der Waals surface area contributed by atoms with E-state index >= 15 is 0 Å². The van der Waals surface area contributed by atoms with Gasteiger partial charge in [0.1, 0.15) is 5.75 Å². The maximum Gasteiger partial charge on any atom is 0.253 e. The van der Waals surface area contributed by atoms with Crippen LogP contribution in [-0.2, 0) is 0 Å². The molecule has 0 spiro atoms. The lowest BCUT2D eigenvalue weighted by Gasteiger charge is -2.14. The van der Waals surface area contributed by atoms with Crippen molar-refractivity contribution in [2.24, 2.45) is 5.92 Å². The summed E-state index contributed by atoms with van der Waals surface area (Å²) in [5, 5.41) is 3.67. The Morgan fingerprint density at radius 2 is 1.83 bits per heavy atom. The lowest BCUT2D eigenvalue weighted by Crippen LogP contribution is -2.25. The minimum Gasteiger partial charge on any atom is -0.497 e. The number of aromatic nitrogens is 1. The summed E-state index contributed by atoms with van der Waals surface area (Å²) < 4.78 is 7.32. The third-order valence-electron chi connectivity index (χ3n) is 4.98. The van der Waals surface area contributed by atoms with Crippen LogP contribution in [0.4, 0.5) is 0 Å². The summed E-state index contributed by atoms with van der Waals surface area (Å²) in [4.78, 5) is 12.9. The monoisotopic (exact) mass is 410 g/mol. The first-order valence-corrected chi connectivity index (χ1v) is 10.2. The number of carbonyl (C=O) groups excluding carboxylic acids is 1. The molecule has 0 saturated carbocycles. The zero-order valence-corrected chi connectivity index (χ0v) is 18.1. The Labute approximate surface area is 177 Å². The summed E-state index contributed by atoms with van der Waals surface area (Å²) in [6.07, 6.45) is 0.946. The summed E-state index contributed by atoms with van der Waals surface area (Å²) >= 11 is 6.50. The molecule has 0 aliphatic carbocycles. The van der Waals surface area contributed by atoms with Crippen LogP contribution in [0.25, 0.3) is 16.9 Å². The molecule has 0 unspecified atom stereocenters. The molecule has 0 fully saturated rings. The van der Waals surface area contributed by atoms with Gasteiger partial charge in [-0.3, -0.25) is 4.79 Å². The maximum absolute atomic E-state index is 12.9. The van der Waals surface area contributed by atoms with Gasteiger partial charge in [0, 0.05) is 12.2 Å². The van der Waals surface area contributed by atoms with Crippen LogP contribution in [0.2, 0.25) is 5.02 Å². The molecular formula is C24H27ClN2O2. The molecule has 29 heavy (non-hydrogen) atoms. The van der Waals surface area contributed by atoms with Crippen molar-refractivity contribution >= 4 is 17.5 Å². The van der Waals surface area contributed by atoms with E-state index in [1.54, 1.807) is 7.11 Å². The highest BCUT2D eigenvalue weighted by molar-refractivity contribution is 6.32. The molecule has 0 aliphatic rings. The van der Waals surface area contributed by atoms with Gasteiger partial charge in [-0.1, -0.05) is 37.6 Å². The van der Waals surface area contributed by atoms with E-state index in [2.05, 4.69) is 19.2 Å². The predicted molar refractivity (Wildman–Crippen MR) is 119 cm³/mol. The van der Waals surface area contributed by atoms with Gasteiger partial charge in [-0.2, -0.15) is 0 Å². The topological polar surface area (TPSA) is 43.3 Å². The molecular weight excluding hydrogens is 384 g/mol. The van der Waals surface area contributed by atoms with Crippen molar-refractivity contribution in [3.63, 3.8) is 0 Å². The lowest BCUT2D eigenvalue weighted by molar-refractivity contribution is 0.0951. The second-order valence-electron chi connectivity index (χ2n) is 7.48. The molecule has 0 aliphatic heterocycles. The van der Waals surface area contributed by atoms with Gasteiger partial charge in [0.15, 0.2) is 0 Å². The van der Waals surface area contributed by atoms with Crippen LogP contribution in [0.5, 0.6) is 5.75 Å². The first-order valence-electron chi connectivity index (χ1n) is 9.82. The quantitative estimate of drug-likeness (QED) is 0.527. The van der Waals surface area contributed by atoms with Crippen molar-refractivity contribution in [1.29, 1.82) is 0 Å². The number of hydrogen-bond donors (Lipinski definition) is 1. The van der Waals surface area contributed by atoms with Crippen LogP contribution in [-0.4, -0.2) is 24.1 Å². The molecule has 152 valence electrons. The predicted octanol–water partition coefficient (Wildman–Crippen LogP) is 5.89. The van der Waals surface area contributed by atoms with E-state index in [0.29, 0.717) is 23.0 Å². The summed E-state index contributed by atoms with van der Waals surface area (Å²) in [6.45, 7) is 6.90. The van der Waals surface area contributed by atoms with E-state index in [1.165, 1.54) is 0 Å². The molecule has 1 N–H and O–H groups in total. The van der Waals surface area contributed by atoms with Gasteiger partial charge < -0.3 is 14.6 Å². The number of rotatable bonds is 7. The Hall–Kier alpha value is -2.72. The Morgan fingerprint density at radius 1 is 1.14 bits per heavy atom. The van der Waals surface area contributed by atoms with Gasteiger partial charge in [0.05, 0.1) is 29.1 Å². The maximum atomic E-state index is 12.9. The number of carbonyl (C=O) groups is 1. The van der Waals surface area contributed by atoms with E-state index in [0.717, 1.165) is 34.8 Å². The van der Waals surface area contributed by atoms with E-state index in [4.69, 9.17) is 16.3 Å². The number of amides is 1. The first-order chi connectivity index (χ1) is 13.9. The van der Waals surface area contributed by atoms with Crippen LogP contribution < -0.4 is 10.1 Å². The van der Waals surface area contributed by atoms with Crippen LogP contribution in [0.3, 0.4) is 0 Å². The molecule has 1 heterocycles. The molecule has 0 radical (unpaired) electrons. The standard InChI is InChI=1S/C24H27ClN2O2/c1-16(2)13-14-26-24(28)20-15-23(18-9-11-19(29-4)12-10-18)27(17(20)3)22-8-6-5-7-21(22)25/h5-12,15-16H,13-14H2,1-4H3,(H,26,28). The van der Waals surface area contributed by atoms with Crippen LogP contribution in [0.15, 0.2) is 54.6 Å². The van der Waals surface area contributed by atoms with Crippen molar-refractivity contribution in [2.45, 2.75) is 27.2 Å². The number of para-hydroxylation sites is 1. The minimum atomic E-state index is -0.0660. The molecule has 5 heteroatoms. The Balaban J connectivity index is 2.08. The Morgan fingerprint density at radius 3 is 2.45 bits per heavy atom. The van der Waals surface area contributed by atoms with Crippen molar-refractivity contribution in [3.8, 4) is 22.7 Å². The average Bonchev–Trinajstić information content (AvgIpc) is 3.05. The number of nitrogens with one attached hydrogen (secondary N) is 1. The number of hydrogen-bond acceptors (Lipinski definition) is 2. The Bertz CT molecular complexity index is 991. The molecule has 1 aromatic heterocycles. The second kappa shape index (κ2) is 9.19. The molecule has 0 atom stereocenters. The number of ether oxygens (including phenoxy) is 1. The molecule has 3 rings (SSSR count). The highest BCUT2D eigenvalue weighted by Crippen LogP contribution is 2.33. The minimum absolute atomic E-state index is 0.0660. The van der Waals surface area contributed by atoms with E-state index in [1.807, 2.05) is 66.1 Å². The van der Waals surface area contributed by atoms with Gasteiger partial charge in [0.2, 0.25) is 0 Å². The average molecular weight is 411 g/mol. The zero-order valence-electron chi connectivity index (χ0n) is 17.3. The second-order valence-corrected chi connectivity index (χ2v) is 7.89. The smallest absolute Gasteiger partial charge is 0.253 e. The molecule has 3 aromatic rings. The van der Waals surface area contributed by atoms with Crippen molar-refractivity contribution in [1.82, 2.24) is 9.88 Å². The highest BCUT2D eigenvalue weighted by Gasteiger charge is 2.20. The molecule has 4 nitrogen and oxygen atoms in total. The normalized spacial score (nSPS) is 11.0. The summed E-state index contributed by atoms with van der Waals surface area (Å²) in [5.74, 6) is 1.26. The number of benzene rings is 2. The van der Waals surface area contributed by atoms with Crippen LogP contribution >= 0.6 is 11.6 Å². The summed E-state index contributed by atoms with van der Waals surface area (Å²) in [6, 6.07) is 17.4. The summed E-state index contributed by atoms with van der Waals surface area (Å²) in [5.41, 5.74) is 4.24. The van der Waals surface area contributed by atoms with E-state index in [9.17, 15) is 4.79 Å². The third kappa shape index (κ3) is 4.65. The van der Waals surface area contributed by atoms with Gasteiger partial charge in [-0.25, -0.2) is 0 Å². The van der Waals surface area contributed by atoms with Crippen molar-refractivity contribution in [2.75, 3.05) is 13.7 Å². The fourth-order valence-corrected chi connectivity index (χ4v) is 3.54. The van der Waals surface area contributed by atoms with Gasteiger partial charge in [-0.05, 0) is 67.3 Å². The zero-order chi connectivity index (χ0) is 21.0. The molecule has 1 amide bonds. The van der Waals surface area contributed by atoms with Gasteiger partial charge in [0.25, 0.3) is 5.91 Å². The molecule has 0 saturated heterocycles. The van der Waals surface area contributed by atoms with Gasteiger partial charge in [-0.15, -0.1) is 0 Å². The Kier molecular flexibility index (Phi) is 6.65. The first kappa shape index (κ1) is 21.0. The summed E-state index contributed by atoms with van der Waals surface area (Å²) in [7, 11) is 1.64. The number of methoxy groups -OCH3 is 1. The molecule has 2 aromatic carbocycles. The van der Waals surface area contributed by atoms with Gasteiger partial charge >= 0.3 is 0 Å². The van der Waals surface area contributed by atoms with Crippen molar-refractivity contribution in [3.05, 3.63) is 70.9 Å². The third-order valence-corrected chi connectivity index (χ3v) is 5.30. The number of halogens is 1. The number of nitrogens with zero attached hydrogens (tertiary/aromatic N) is 1. The fraction of sp³-hybridized carbons (Fsp3) is 0.292. The van der Waals surface area contributed by atoms with Crippen LogP contribution in [0, 0.1) is 12.8 Å². The lowest BCUT2D eigenvalue weighted by atomic mass is 10.1. The van der Waals surface area contributed by atoms with Crippen molar-refractivity contribution < 1.29 is 9.53 Å². The van der Waals surface area contributed by atoms with E-state index in [-0.39, 0.29) is 5.91 Å². The van der Waals surface area contributed by atoms with Crippen LogP contribution in [0.1, 0.15) is 36.3 Å². The highest BCUT2D eigenvalue weighted by atomic mass is 35.5. The SMILES string of the molecule is COc1ccc(-c2cc(C(=O)NCCC(C)C)c(C)n2-c2ccccc2Cl)cc1. The largest absolute Gasteiger partial charge is 0.497 e.